The fraction of sp³-hybridized carbons (Fsp3) is 0.316. The summed E-state index contributed by atoms with van der Waals surface area (Å²) in [6, 6.07) is 18.1. The van der Waals surface area contributed by atoms with Crippen LogP contribution in [0.3, 0.4) is 0 Å². The molecule has 0 aromatic heterocycles. The van der Waals surface area contributed by atoms with Crippen molar-refractivity contribution >= 4 is 29.0 Å². The van der Waals surface area contributed by atoms with Crippen molar-refractivity contribution in [3.05, 3.63) is 54.6 Å². The van der Waals surface area contributed by atoms with Gasteiger partial charge in [-0.1, -0.05) is 30.3 Å². The van der Waals surface area contributed by atoms with Crippen molar-refractivity contribution in [1.82, 2.24) is 0 Å². The van der Waals surface area contributed by atoms with Crippen LogP contribution < -0.4 is 10.2 Å². The molecule has 0 atom stereocenters. The second-order valence-electron chi connectivity index (χ2n) is 5.58. The number of benzene rings is 2. The Morgan fingerprint density at radius 3 is 2.54 bits per heavy atom. The summed E-state index contributed by atoms with van der Waals surface area (Å²) in [6.07, 6.45) is 0.497. The van der Waals surface area contributed by atoms with Crippen LogP contribution in [-0.4, -0.2) is 38.0 Å². The lowest BCUT2D eigenvalue weighted by molar-refractivity contribution is -0.115. The zero-order valence-electron chi connectivity index (χ0n) is 13.6. The largest absolute Gasteiger partial charge is 0.378 e. The minimum Gasteiger partial charge on any atom is -0.378 e. The number of nitrogens with zero attached hydrogens (tertiary/aromatic N) is 1. The summed E-state index contributed by atoms with van der Waals surface area (Å²) in [6.45, 7) is 3.18. The summed E-state index contributed by atoms with van der Waals surface area (Å²) in [5.41, 5.74) is 1.96. The lowest BCUT2D eigenvalue weighted by atomic mass is 10.2. The van der Waals surface area contributed by atoms with E-state index in [9.17, 15) is 4.79 Å². The van der Waals surface area contributed by atoms with E-state index in [1.54, 1.807) is 11.8 Å². The summed E-state index contributed by atoms with van der Waals surface area (Å²) < 4.78 is 5.41. The van der Waals surface area contributed by atoms with Crippen LogP contribution in [-0.2, 0) is 9.53 Å². The van der Waals surface area contributed by atoms with E-state index in [0.717, 1.165) is 43.4 Å². The first-order valence-electron chi connectivity index (χ1n) is 8.22. The molecule has 1 fully saturated rings. The zero-order chi connectivity index (χ0) is 16.6. The number of para-hydroxylation sites is 2. The van der Waals surface area contributed by atoms with Gasteiger partial charge in [-0.3, -0.25) is 4.79 Å². The van der Waals surface area contributed by atoms with Gasteiger partial charge < -0.3 is 15.0 Å². The van der Waals surface area contributed by atoms with E-state index in [2.05, 4.69) is 28.4 Å². The highest BCUT2D eigenvalue weighted by Gasteiger charge is 2.15. The van der Waals surface area contributed by atoms with E-state index in [0.29, 0.717) is 6.42 Å². The van der Waals surface area contributed by atoms with Gasteiger partial charge >= 0.3 is 0 Å². The van der Waals surface area contributed by atoms with Crippen molar-refractivity contribution in [1.29, 1.82) is 0 Å². The van der Waals surface area contributed by atoms with Gasteiger partial charge in [0.05, 0.1) is 24.6 Å². The Morgan fingerprint density at radius 2 is 1.75 bits per heavy atom. The number of morpholine rings is 1. The number of anilines is 2. The molecule has 0 bridgehead atoms. The summed E-state index contributed by atoms with van der Waals surface area (Å²) in [4.78, 5) is 15.7. The van der Waals surface area contributed by atoms with Crippen LogP contribution in [0.4, 0.5) is 11.4 Å². The maximum atomic E-state index is 12.3. The Hall–Kier alpha value is -1.98. The topological polar surface area (TPSA) is 41.6 Å². The molecule has 24 heavy (non-hydrogen) atoms. The Kier molecular flexibility index (Phi) is 6.15. The number of hydrogen-bond acceptors (Lipinski definition) is 4. The van der Waals surface area contributed by atoms with Gasteiger partial charge in [-0.15, -0.1) is 11.8 Å². The third-order valence-electron chi connectivity index (χ3n) is 3.87. The molecule has 1 heterocycles. The minimum atomic E-state index is 0.0548. The fourth-order valence-corrected chi connectivity index (χ4v) is 3.52. The van der Waals surface area contributed by atoms with Gasteiger partial charge in [-0.05, 0) is 24.3 Å². The monoisotopic (exact) mass is 342 g/mol. The Morgan fingerprint density at radius 1 is 1.04 bits per heavy atom. The summed E-state index contributed by atoms with van der Waals surface area (Å²) in [5, 5.41) is 3.06. The van der Waals surface area contributed by atoms with Gasteiger partial charge in [-0.25, -0.2) is 0 Å². The number of nitrogens with one attached hydrogen (secondary N) is 1. The fourth-order valence-electron chi connectivity index (χ4n) is 2.65. The van der Waals surface area contributed by atoms with Crippen LogP contribution in [0.2, 0.25) is 0 Å². The second-order valence-corrected chi connectivity index (χ2v) is 6.74. The highest BCUT2D eigenvalue weighted by Crippen LogP contribution is 2.26. The Balaban J connectivity index is 1.54. The first-order valence-corrected chi connectivity index (χ1v) is 9.21. The van der Waals surface area contributed by atoms with Crippen LogP contribution in [0.15, 0.2) is 59.5 Å². The molecule has 1 amide bonds. The minimum absolute atomic E-state index is 0.0548. The van der Waals surface area contributed by atoms with Gasteiger partial charge in [0, 0.05) is 30.2 Å². The van der Waals surface area contributed by atoms with Crippen molar-refractivity contribution in [3.63, 3.8) is 0 Å². The highest BCUT2D eigenvalue weighted by atomic mass is 32.2. The predicted molar refractivity (Wildman–Crippen MR) is 99.9 cm³/mol. The Labute approximate surface area is 147 Å². The van der Waals surface area contributed by atoms with E-state index >= 15 is 0 Å². The molecule has 0 radical (unpaired) electrons. The molecular weight excluding hydrogens is 320 g/mol. The van der Waals surface area contributed by atoms with Crippen LogP contribution in [0.25, 0.3) is 0 Å². The smallest absolute Gasteiger partial charge is 0.225 e. The lowest BCUT2D eigenvalue weighted by Gasteiger charge is -2.30. The van der Waals surface area contributed by atoms with Crippen LogP contribution in [0.1, 0.15) is 6.42 Å². The van der Waals surface area contributed by atoms with Gasteiger partial charge in [0.1, 0.15) is 0 Å². The quantitative estimate of drug-likeness (QED) is 0.814. The standard InChI is InChI=1S/C19H22N2O2S/c22-19(10-15-24-16-6-2-1-3-7-16)20-17-8-4-5-9-18(17)21-11-13-23-14-12-21/h1-9H,10-15H2,(H,20,22). The van der Waals surface area contributed by atoms with Crippen molar-refractivity contribution in [2.24, 2.45) is 0 Å². The first-order chi connectivity index (χ1) is 11.8. The lowest BCUT2D eigenvalue weighted by Crippen LogP contribution is -2.36. The number of hydrogen-bond donors (Lipinski definition) is 1. The molecule has 0 spiro atoms. The van der Waals surface area contributed by atoms with E-state index in [1.807, 2.05) is 36.4 Å². The molecule has 1 aliphatic rings. The highest BCUT2D eigenvalue weighted by molar-refractivity contribution is 7.99. The molecule has 0 unspecified atom stereocenters. The third kappa shape index (κ3) is 4.76. The molecule has 0 saturated carbocycles. The van der Waals surface area contributed by atoms with Gasteiger partial charge in [-0.2, -0.15) is 0 Å². The van der Waals surface area contributed by atoms with E-state index < -0.39 is 0 Å². The van der Waals surface area contributed by atoms with Crippen molar-refractivity contribution < 1.29 is 9.53 Å². The molecule has 2 aromatic carbocycles. The molecule has 1 saturated heterocycles. The molecule has 3 rings (SSSR count). The van der Waals surface area contributed by atoms with Crippen molar-refractivity contribution in [2.45, 2.75) is 11.3 Å². The number of amides is 1. The number of carbonyl (C=O) groups is 1. The number of carbonyl (C=O) groups excluding carboxylic acids is 1. The molecule has 5 heteroatoms. The van der Waals surface area contributed by atoms with Gasteiger partial charge in [0.2, 0.25) is 5.91 Å². The van der Waals surface area contributed by atoms with Crippen molar-refractivity contribution in [3.8, 4) is 0 Å². The maximum absolute atomic E-state index is 12.3. The summed E-state index contributed by atoms with van der Waals surface area (Å²) in [5.74, 6) is 0.828. The summed E-state index contributed by atoms with van der Waals surface area (Å²) >= 11 is 1.70. The van der Waals surface area contributed by atoms with Crippen LogP contribution in [0, 0.1) is 0 Å². The molecule has 2 aromatic rings. The SMILES string of the molecule is O=C(CCSc1ccccc1)Nc1ccccc1N1CCOCC1. The van der Waals surface area contributed by atoms with Crippen molar-refractivity contribution in [2.75, 3.05) is 42.3 Å². The van der Waals surface area contributed by atoms with Gasteiger partial charge in [0.15, 0.2) is 0 Å². The zero-order valence-corrected chi connectivity index (χ0v) is 14.4. The Bertz CT molecular complexity index is 657. The molecule has 1 N–H and O–H groups in total. The second kappa shape index (κ2) is 8.76. The first kappa shape index (κ1) is 16.9. The van der Waals surface area contributed by atoms with Gasteiger partial charge in [0.25, 0.3) is 0 Å². The van der Waals surface area contributed by atoms with E-state index in [1.165, 1.54) is 4.90 Å². The number of ether oxygens (including phenoxy) is 1. The third-order valence-corrected chi connectivity index (χ3v) is 4.88. The molecule has 0 aliphatic carbocycles. The molecule has 4 nitrogen and oxygen atoms in total. The predicted octanol–water partition coefficient (Wildman–Crippen LogP) is 3.64. The molecule has 1 aliphatic heterocycles. The average molecular weight is 342 g/mol. The summed E-state index contributed by atoms with van der Waals surface area (Å²) in [7, 11) is 0. The van der Waals surface area contributed by atoms with Crippen LogP contribution in [0.5, 0.6) is 0 Å². The van der Waals surface area contributed by atoms with E-state index in [4.69, 9.17) is 4.74 Å². The maximum Gasteiger partial charge on any atom is 0.225 e. The van der Waals surface area contributed by atoms with Crippen LogP contribution >= 0.6 is 11.8 Å². The molecular formula is C19H22N2O2S. The number of thioether (sulfide) groups is 1. The average Bonchev–Trinajstić information content (AvgIpc) is 2.64. The van der Waals surface area contributed by atoms with E-state index in [-0.39, 0.29) is 5.91 Å². The normalized spacial score (nSPS) is 14.4. The number of rotatable bonds is 6. The molecule has 126 valence electrons.